The number of rotatable bonds is 6. The van der Waals surface area contributed by atoms with Crippen LogP contribution in [0.2, 0.25) is 0 Å². The van der Waals surface area contributed by atoms with Crippen molar-refractivity contribution in [1.82, 2.24) is 10.2 Å². The van der Waals surface area contributed by atoms with Crippen LogP contribution in [0, 0.1) is 0 Å². The maximum atomic E-state index is 12.2. The van der Waals surface area contributed by atoms with Crippen molar-refractivity contribution < 1.29 is 19.4 Å². The molecule has 0 bridgehead atoms. The van der Waals surface area contributed by atoms with Gasteiger partial charge in [0.05, 0.1) is 13.2 Å². The molecule has 0 aliphatic carbocycles. The molecule has 2 N–H and O–H groups in total. The van der Waals surface area contributed by atoms with Gasteiger partial charge in [0, 0.05) is 26.6 Å². The second-order valence-corrected chi connectivity index (χ2v) is 5.02. The summed E-state index contributed by atoms with van der Waals surface area (Å²) in [6.45, 7) is 1.54. The number of carbonyl (C=O) groups excluding carboxylic acids is 1. The summed E-state index contributed by atoms with van der Waals surface area (Å²) in [6.07, 6.45) is 0.356. The molecule has 1 unspecified atom stereocenters. The van der Waals surface area contributed by atoms with E-state index in [1.54, 1.807) is 7.11 Å². The summed E-state index contributed by atoms with van der Waals surface area (Å²) in [4.78, 5) is 25.1. The Labute approximate surface area is 123 Å². The van der Waals surface area contributed by atoms with Crippen molar-refractivity contribution in [3.63, 3.8) is 0 Å². The maximum absolute atomic E-state index is 12.2. The van der Waals surface area contributed by atoms with Crippen LogP contribution in [0.3, 0.4) is 0 Å². The van der Waals surface area contributed by atoms with E-state index in [-0.39, 0.29) is 12.5 Å². The molecule has 1 aromatic rings. The molecule has 0 fully saturated rings. The van der Waals surface area contributed by atoms with Crippen molar-refractivity contribution >= 4 is 11.9 Å². The van der Waals surface area contributed by atoms with Crippen LogP contribution in [0.25, 0.3) is 0 Å². The number of fused-ring (bicyclic) bond motifs is 1. The summed E-state index contributed by atoms with van der Waals surface area (Å²) < 4.78 is 4.89. The summed E-state index contributed by atoms with van der Waals surface area (Å²) in [5.74, 6) is -1.16. The van der Waals surface area contributed by atoms with Gasteiger partial charge in [-0.2, -0.15) is 0 Å². The van der Waals surface area contributed by atoms with Crippen molar-refractivity contribution in [1.29, 1.82) is 0 Å². The van der Waals surface area contributed by atoms with E-state index >= 15 is 0 Å². The second-order valence-electron chi connectivity index (χ2n) is 5.02. The number of nitrogens with one attached hydrogen (secondary N) is 1. The Hall–Kier alpha value is -1.92. The molecule has 0 spiro atoms. The molecule has 1 aliphatic heterocycles. The van der Waals surface area contributed by atoms with Crippen molar-refractivity contribution in [2.24, 2.45) is 0 Å². The van der Waals surface area contributed by atoms with Crippen molar-refractivity contribution in [2.45, 2.75) is 19.0 Å². The average Bonchev–Trinajstić information content (AvgIpc) is 2.50. The minimum absolute atomic E-state index is 0.120. The molecule has 114 valence electrons. The molecule has 21 heavy (non-hydrogen) atoms. The highest BCUT2D eigenvalue weighted by Crippen LogP contribution is 2.23. The minimum Gasteiger partial charge on any atom is -0.480 e. The molecule has 0 radical (unpaired) electrons. The smallest absolute Gasteiger partial charge is 0.326 e. The summed E-state index contributed by atoms with van der Waals surface area (Å²) in [5.41, 5.74) is 2.02. The van der Waals surface area contributed by atoms with Gasteiger partial charge in [0.25, 0.3) is 0 Å². The lowest BCUT2D eigenvalue weighted by atomic mass is 9.94. The van der Waals surface area contributed by atoms with Crippen molar-refractivity contribution in [3.8, 4) is 0 Å². The van der Waals surface area contributed by atoms with Crippen LogP contribution < -0.4 is 5.32 Å². The van der Waals surface area contributed by atoms with Crippen LogP contribution in [-0.4, -0.2) is 54.7 Å². The zero-order valence-electron chi connectivity index (χ0n) is 12.0. The molecule has 0 saturated heterocycles. The van der Waals surface area contributed by atoms with Crippen LogP contribution >= 0.6 is 0 Å². The molecular weight excluding hydrogens is 272 g/mol. The Bertz CT molecular complexity index is 518. The number of ether oxygens (including phenoxy) is 1. The number of carboxylic acid groups (broad SMARTS) is 1. The van der Waals surface area contributed by atoms with E-state index in [4.69, 9.17) is 4.74 Å². The van der Waals surface area contributed by atoms with E-state index in [1.807, 2.05) is 24.3 Å². The van der Waals surface area contributed by atoms with Crippen LogP contribution in [0.15, 0.2) is 24.3 Å². The van der Waals surface area contributed by atoms with Gasteiger partial charge in [-0.1, -0.05) is 24.3 Å². The van der Waals surface area contributed by atoms with E-state index in [0.29, 0.717) is 26.1 Å². The predicted octanol–water partition coefficient (Wildman–Crippen LogP) is 0.261. The van der Waals surface area contributed by atoms with E-state index in [0.717, 1.165) is 11.1 Å². The van der Waals surface area contributed by atoms with Gasteiger partial charge in [0.2, 0.25) is 5.91 Å². The fourth-order valence-corrected chi connectivity index (χ4v) is 2.48. The van der Waals surface area contributed by atoms with Gasteiger partial charge in [-0.05, 0) is 11.1 Å². The predicted molar refractivity (Wildman–Crippen MR) is 76.9 cm³/mol. The van der Waals surface area contributed by atoms with Crippen LogP contribution in [0.4, 0.5) is 0 Å². The summed E-state index contributed by atoms with van der Waals surface area (Å²) >= 11 is 0. The summed E-state index contributed by atoms with van der Waals surface area (Å²) in [5, 5.41) is 12.3. The topological polar surface area (TPSA) is 78.9 Å². The summed E-state index contributed by atoms with van der Waals surface area (Å²) in [7, 11) is 1.59. The monoisotopic (exact) mass is 292 g/mol. The third kappa shape index (κ3) is 3.80. The highest BCUT2D eigenvalue weighted by Gasteiger charge is 2.33. The maximum Gasteiger partial charge on any atom is 0.326 e. The number of carboxylic acids is 1. The SMILES string of the molecule is COCCNCC(=O)N1Cc2ccccc2CC1C(=O)O. The van der Waals surface area contributed by atoms with E-state index < -0.39 is 12.0 Å². The lowest BCUT2D eigenvalue weighted by Crippen LogP contribution is -2.51. The third-order valence-corrected chi connectivity index (χ3v) is 3.61. The minimum atomic E-state index is -0.963. The highest BCUT2D eigenvalue weighted by atomic mass is 16.5. The molecular formula is C15H20N2O4. The normalized spacial score (nSPS) is 17.4. The molecule has 1 aromatic carbocycles. The number of carbonyl (C=O) groups is 2. The van der Waals surface area contributed by atoms with Gasteiger partial charge in [-0.3, -0.25) is 4.79 Å². The Balaban J connectivity index is 2.06. The molecule has 1 atom stereocenters. The molecule has 1 aliphatic rings. The Morgan fingerprint density at radius 2 is 2.10 bits per heavy atom. The molecule has 0 aromatic heterocycles. The first kappa shape index (κ1) is 15.5. The number of hydrogen-bond donors (Lipinski definition) is 2. The molecule has 6 heteroatoms. The molecule has 2 rings (SSSR count). The highest BCUT2D eigenvalue weighted by molar-refractivity contribution is 5.85. The molecule has 1 amide bonds. The van der Waals surface area contributed by atoms with E-state index in [2.05, 4.69) is 5.32 Å². The van der Waals surface area contributed by atoms with Crippen LogP contribution in [0.5, 0.6) is 0 Å². The zero-order chi connectivity index (χ0) is 15.2. The number of benzene rings is 1. The third-order valence-electron chi connectivity index (χ3n) is 3.61. The first-order chi connectivity index (χ1) is 10.1. The average molecular weight is 292 g/mol. The molecule has 6 nitrogen and oxygen atoms in total. The number of amides is 1. The Morgan fingerprint density at radius 1 is 1.38 bits per heavy atom. The summed E-state index contributed by atoms with van der Waals surface area (Å²) in [6, 6.07) is 6.85. The van der Waals surface area contributed by atoms with Gasteiger partial charge in [0.15, 0.2) is 0 Å². The number of aliphatic carboxylic acids is 1. The van der Waals surface area contributed by atoms with Crippen molar-refractivity contribution in [2.75, 3.05) is 26.8 Å². The fourth-order valence-electron chi connectivity index (χ4n) is 2.48. The largest absolute Gasteiger partial charge is 0.480 e. The first-order valence-electron chi connectivity index (χ1n) is 6.92. The van der Waals surface area contributed by atoms with E-state index in [9.17, 15) is 14.7 Å². The Morgan fingerprint density at radius 3 is 2.76 bits per heavy atom. The van der Waals surface area contributed by atoms with E-state index in [1.165, 1.54) is 4.90 Å². The first-order valence-corrected chi connectivity index (χ1v) is 6.92. The lowest BCUT2D eigenvalue weighted by Gasteiger charge is -2.34. The standard InChI is InChI=1S/C15H20N2O4/c1-21-7-6-16-9-14(18)17-10-12-5-3-2-4-11(12)8-13(17)15(19)20/h2-5,13,16H,6-10H2,1H3,(H,19,20). The molecule has 1 heterocycles. The lowest BCUT2D eigenvalue weighted by molar-refractivity contribution is -0.151. The number of nitrogens with zero attached hydrogens (tertiary/aromatic N) is 1. The van der Waals surface area contributed by atoms with Crippen molar-refractivity contribution in [3.05, 3.63) is 35.4 Å². The van der Waals surface area contributed by atoms with Gasteiger partial charge in [0.1, 0.15) is 6.04 Å². The Kier molecular flexibility index (Phi) is 5.30. The van der Waals surface area contributed by atoms with Gasteiger partial charge >= 0.3 is 5.97 Å². The van der Waals surface area contributed by atoms with Gasteiger partial charge in [-0.25, -0.2) is 4.79 Å². The van der Waals surface area contributed by atoms with Crippen LogP contribution in [-0.2, 0) is 27.3 Å². The fraction of sp³-hybridized carbons (Fsp3) is 0.467. The van der Waals surface area contributed by atoms with Gasteiger partial charge < -0.3 is 20.1 Å². The quantitative estimate of drug-likeness (QED) is 0.735. The number of hydrogen-bond acceptors (Lipinski definition) is 4. The second kappa shape index (κ2) is 7.19. The van der Waals surface area contributed by atoms with Gasteiger partial charge in [-0.15, -0.1) is 0 Å². The van der Waals surface area contributed by atoms with Crippen LogP contribution in [0.1, 0.15) is 11.1 Å². The number of methoxy groups -OCH3 is 1. The zero-order valence-corrected chi connectivity index (χ0v) is 12.0. The molecule has 0 saturated carbocycles.